The Morgan fingerprint density at radius 2 is 1.96 bits per heavy atom. The number of sulfonamides is 1. The highest BCUT2D eigenvalue weighted by Crippen LogP contribution is 2.28. The number of hydrogen-bond donors (Lipinski definition) is 1. The molecule has 1 aliphatic rings. The molecule has 6 nitrogen and oxygen atoms in total. The maximum atomic E-state index is 13.3. The normalized spacial score (nSPS) is 18.1. The van der Waals surface area contributed by atoms with Crippen LogP contribution in [-0.4, -0.2) is 37.3 Å². The highest BCUT2D eigenvalue weighted by Gasteiger charge is 2.37. The number of carbonyl (C=O) groups excluding carboxylic acids is 1. The predicted octanol–water partition coefficient (Wildman–Crippen LogP) is 3.39. The quantitative estimate of drug-likeness (QED) is 0.742. The van der Waals surface area contributed by atoms with Gasteiger partial charge in [0.25, 0.3) is 10.0 Å². The zero-order chi connectivity index (χ0) is 20.1. The minimum absolute atomic E-state index is 0.0660. The Morgan fingerprint density at radius 3 is 2.61 bits per heavy atom. The van der Waals surface area contributed by atoms with E-state index in [0.29, 0.717) is 13.0 Å². The number of ether oxygens (including phenoxy) is 1. The molecule has 2 aromatic rings. The van der Waals surface area contributed by atoms with Gasteiger partial charge in [-0.1, -0.05) is 18.2 Å². The van der Waals surface area contributed by atoms with Crippen molar-refractivity contribution in [1.82, 2.24) is 9.62 Å². The number of carbonyl (C=O) groups is 1. The molecule has 1 aromatic carbocycles. The van der Waals surface area contributed by atoms with E-state index >= 15 is 0 Å². The molecular weight excluding hydrogens is 396 g/mol. The van der Waals surface area contributed by atoms with Crippen molar-refractivity contribution in [1.29, 1.82) is 0 Å². The fourth-order valence-corrected chi connectivity index (χ4v) is 5.94. The van der Waals surface area contributed by atoms with Crippen molar-refractivity contribution < 1.29 is 17.9 Å². The van der Waals surface area contributed by atoms with Crippen LogP contribution < -0.4 is 10.1 Å². The third kappa shape index (κ3) is 4.92. The van der Waals surface area contributed by atoms with Crippen LogP contribution in [0.4, 0.5) is 0 Å². The second kappa shape index (κ2) is 9.07. The average molecular weight is 423 g/mol. The van der Waals surface area contributed by atoms with Gasteiger partial charge in [-0.3, -0.25) is 4.79 Å². The fraction of sp³-hybridized carbons (Fsp3) is 0.450. The summed E-state index contributed by atoms with van der Waals surface area (Å²) >= 11 is 1.17. The van der Waals surface area contributed by atoms with Crippen LogP contribution in [0.2, 0.25) is 0 Å². The van der Waals surface area contributed by atoms with Crippen molar-refractivity contribution in [2.45, 2.75) is 56.0 Å². The van der Waals surface area contributed by atoms with Gasteiger partial charge in [-0.25, -0.2) is 8.42 Å². The molecule has 152 valence electrons. The van der Waals surface area contributed by atoms with E-state index in [1.54, 1.807) is 17.5 Å². The summed E-state index contributed by atoms with van der Waals surface area (Å²) in [5.74, 6) is 0.510. The summed E-state index contributed by atoms with van der Waals surface area (Å²) in [7, 11) is -3.77. The van der Waals surface area contributed by atoms with Crippen molar-refractivity contribution in [2.24, 2.45) is 0 Å². The smallest absolute Gasteiger partial charge is 0.253 e. The minimum Gasteiger partial charge on any atom is -0.491 e. The van der Waals surface area contributed by atoms with Crippen LogP contribution in [0.3, 0.4) is 0 Å². The first kappa shape index (κ1) is 20.8. The van der Waals surface area contributed by atoms with Crippen molar-refractivity contribution in [2.75, 3.05) is 6.54 Å². The lowest BCUT2D eigenvalue weighted by Gasteiger charge is -2.28. The molecule has 8 heteroatoms. The second-order valence-corrected chi connectivity index (χ2v) is 10.2. The molecule has 1 atom stereocenters. The first-order chi connectivity index (χ1) is 13.4. The van der Waals surface area contributed by atoms with E-state index in [4.69, 9.17) is 4.74 Å². The van der Waals surface area contributed by atoms with Crippen molar-refractivity contribution in [3.63, 3.8) is 0 Å². The third-order valence-electron chi connectivity index (χ3n) is 4.55. The number of hydrogen-bond acceptors (Lipinski definition) is 5. The lowest BCUT2D eigenvalue weighted by atomic mass is 10.1. The van der Waals surface area contributed by atoms with Crippen molar-refractivity contribution in [3.05, 3.63) is 47.3 Å². The zero-order valence-electron chi connectivity index (χ0n) is 16.1. The monoisotopic (exact) mass is 422 g/mol. The van der Waals surface area contributed by atoms with Crippen molar-refractivity contribution >= 4 is 27.3 Å². The highest BCUT2D eigenvalue weighted by molar-refractivity contribution is 7.91. The molecule has 1 N–H and O–H groups in total. The van der Waals surface area contributed by atoms with Gasteiger partial charge >= 0.3 is 0 Å². The lowest BCUT2D eigenvalue weighted by molar-refractivity contribution is -0.124. The molecule has 1 aliphatic heterocycles. The summed E-state index contributed by atoms with van der Waals surface area (Å²) in [6.07, 6.45) is 2.25. The zero-order valence-corrected chi connectivity index (χ0v) is 17.8. The van der Waals surface area contributed by atoms with E-state index in [9.17, 15) is 13.2 Å². The predicted molar refractivity (Wildman–Crippen MR) is 110 cm³/mol. The number of rotatable bonds is 7. The summed E-state index contributed by atoms with van der Waals surface area (Å²) in [5.41, 5.74) is 0.813. The maximum absolute atomic E-state index is 13.3. The van der Waals surface area contributed by atoms with Gasteiger partial charge in [0.05, 0.1) is 6.10 Å². The van der Waals surface area contributed by atoms with Crippen LogP contribution in [0.25, 0.3) is 0 Å². The highest BCUT2D eigenvalue weighted by atomic mass is 32.2. The van der Waals surface area contributed by atoms with Gasteiger partial charge < -0.3 is 10.1 Å². The van der Waals surface area contributed by atoms with Crippen LogP contribution in [0.15, 0.2) is 46.0 Å². The number of nitrogens with zero attached hydrogens (tertiary/aromatic N) is 1. The summed E-state index contributed by atoms with van der Waals surface area (Å²) in [6, 6.07) is 9.95. The largest absolute Gasteiger partial charge is 0.491 e. The molecule has 0 saturated carbocycles. The standard InChI is InChI=1S/C20H26N2O4S2/c1-15(2)26-17-10-8-16(9-11-17)14-22(18-6-3-4-12-21-20(18)23)28(24,25)19-7-5-13-27-19/h5,7-11,13,15,18H,3-4,6,12,14H2,1-2H3,(H,21,23)/t18-/m0/s1. The van der Waals surface area contributed by atoms with E-state index < -0.39 is 16.1 Å². The molecule has 0 aliphatic carbocycles. The summed E-state index contributed by atoms with van der Waals surface area (Å²) in [5, 5.41) is 4.58. The first-order valence-electron chi connectivity index (χ1n) is 9.46. The molecule has 1 aromatic heterocycles. The Labute approximate surface area is 170 Å². The van der Waals surface area contributed by atoms with Gasteiger partial charge in [0.1, 0.15) is 16.0 Å². The van der Waals surface area contributed by atoms with Gasteiger partial charge in [-0.2, -0.15) is 4.31 Å². The van der Waals surface area contributed by atoms with E-state index in [1.807, 2.05) is 38.1 Å². The topological polar surface area (TPSA) is 75.7 Å². The molecule has 0 radical (unpaired) electrons. The molecule has 1 fully saturated rings. The SMILES string of the molecule is CC(C)Oc1ccc(CN([C@H]2CCCCNC2=O)S(=O)(=O)c2cccs2)cc1. The van der Waals surface area contributed by atoms with Gasteiger partial charge in [0, 0.05) is 13.1 Å². The maximum Gasteiger partial charge on any atom is 0.253 e. The third-order valence-corrected chi connectivity index (χ3v) is 7.77. The van der Waals surface area contributed by atoms with Crippen LogP contribution in [0.5, 0.6) is 5.75 Å². The molecular formula is C20H26N2O4S2. The summed E-state index contributed by atoms with van der Waals surface area (Å²) < 4.78 is 33.9. The van der Waals surface area contributed by atoms with E-state index in [1.165, 1.54) is 15.6 Å². The lowest BCUT2D eigenvalue weighted by Crippen LogP contribution is -2.48. The first-order valence-corrected chi connectivity index (χ1v) is 11.8. The molecule has 3 rings (SSSR count). The molecule has 2 heterocycles. The van der Waals surface area contributed by atoms with Crippen LogP contribution in [0, 0.1) is 0 Å². The van der Waals surface area contributed by atoms with Crippen LogP contribution in [0.1, 0.15) is 38.7 Å². The number of thiophene rings is 1. The molecule has 1 amide bonds. The Bertz CT molecular complexity index is 877. The molecule has 28 heavy (non-hydrogen) atoms. The number of benzene rings is 1. The minimum atomic E-state index is -3.77. The molecule has 0 spiro atoms. The van der Waals surface area contributed by atoms with E-state index in [0.717, 1.165) is 24.2 Å². The number of amides is 1. The van der Waals surface area contributed by atoms with Gasteiger partial charge in [-0.05, 0) is 62.3 Å². The van der Waals surface area contributed by atoms with E-state index in [-0.39, 0.29) is 22.8 Å². The Balaban J connectivity index is 1.91. The summed E-state index contributed by atoms with van der Waals surface area (Å²) in [6.45, 7) is 4.63. The van der Waals surface area contributed by atoms with Crippen LogP contribution in [-0.2, 0) is 21.4 Å². The van der Waals surface area contributed by atoms with Crippen LogP contribution >= 0.6 is 11.3 Å². The van der Waals surface area contributed by atoms with Gasteiger partial charge in [0.15, 0.2) is 0 Å². The molecule has 1 saturated heterocycles. The average Bonchev–Trinajstić information content (AvgIpc) is 3.12. The Morgan fingerprint density at radius 1 is 1.21 bits per heavy atom. The van der Waals surface area contributed by atoms with E-state index in [2.05, 4.69) is 5.32 Å². The van der Waals surface area contributed by atoms with Gasteiger partial charge in [0.2, 0.25) is 5.91 Å². The molecule has 0 unspecified atom stereocenters. The van der Waals surface area contributed by atoms with Crippen molar-refractivity contribution in [3.8, 4) is 5.75 Å². The Kier molecular flexibility index (Phi) is 6.74. The Hall–Kier alpha value is -1.90. The molecule has 0 bridgehead atoms. The fourth-order valence-electron chi connectivity index (χ4n) is 3.21. The van der Waals surface area contributed by atoms with Gasteiger partial charge in [-0.15, -0.1) is 11.3 Å². The second-order valence-electron chi connectivity index (χ2n) is 7.10. The summed E-state index contributed by atoms with van der Waals surface area (Å²) in [4.78, 5) is 12.6. The number of nitrogens with one attached hydrogen (secondary N) is 1.